The van der Waals surface area contributed by atoms with E-state index in [0.29, 0.717) is 30.0 Å². The molecule has 2 atom stereocenters. The van der Waals surface area contributed by atoms with Gasteiger partial charge in [-0.1, -0.05) is 32.3 Å². The van der Waals surface area contributed by atoms with Gasteiger partial charge in [0.05, 0.1) is 13.0 Å². The van der Waals surface area contributed by atoms with Crippen LogP contribution >= 0.6 is 0 Å². The normalized spacial score (nSPS) is 23.5. The molecule has 1 heterocycles. The summed E-state index contributed by atoms with van der Waals surface area (Å²) in [6.45, 7) is 2.59. The lowest BCUT2D eigenvalue weighted by atomic mass is 9.84. The number of rotatable bonds is 8. The number of anilines is 1. The van der Waals surface area contributed by atoms with Gasteiger partial charge in [0.2, 0.25) is 0 Å². The summed E-state index contributed by atoms with van der Waals surface area (Å²) in [6.07, 6.45) is 3.35. The Morgan fingerprint density at radius 1 is 1.32 bits per heavy atom. The minimum atomic E-state index is -1.69. The van der Waals surface area contributed by atoms with E-state index in [0.717, 1.165) is 36.1 Å². The molecule has 1 aliphatic heterocycles. The molecule has 2 aliphatic rings. The van der Waals surface area contributed by atoms with Crippen molar-refractivity contribution in [2.75, 3.05) is 32.2 Å². The van der Waals surface area contributed by atoms with Gasteiger partial charge in [0.15, 0.2) is 17.1 Å². The van der Waals surface area contributed by atoms with Gasteiger partial charge in [-0.05, 0) is 24.5 Å². The topological polar surface area (TPSA) is 128 Å². The molecule has 1 saturated carbocycles. The van der Waals surface area contributed by atoms with Crippen LogP contribution < -0.4 is 15.5 Å². The number of piperazine rings is 1. The largest absolute Gasteiger partial charge is 0.494 e. The number of nitrogens with zero attached hydrogens (tertiary/aromatic N) is 1. The monoisotopic (exact) mass is 433 g/mol. The molecule has 1 amide bonds. The first-order valence-electron chi connectivity index (χ1n) is 10.8. The third kappa shape index (κ3) is 3.99. The Kier molecular flexibility index (Phi) is 7.17. The summed E-state index contributed by atoms with van der Waals surface area (Å²) in [7, 11) is 1.50. The van der Waals surface area contributed by atoms with Crippen LogP contribution in [0.15, 0.2) is 12.1 Å². The summed E-state index contributed by atoms with van der Waals surface area (Å²) in [6, 6.07) is 3.34. The number of hydrogen-bond acceptors (Lipinski definition) is 7. The van der Waals surface area contributed by atoms with Gasteiger partial charge in [0.25, 0.3) is 0 Å². The summed E-state index contributed by atoms with van der Waals surface area (Å²) in [4.78, 5) is 39.6. The summed E-state index contributed by atoms with van der Waals surface area (Å²) in [5, 5.41) is 22.2. The van der Waals surface area contributed by atoms with Crippen LogP contribution in [0.2, 0.25) is 0 Å². The predicted octanol–water partition coefficient (Wildman–Crippen LogP) is 2.57. The number of carbonyl (C=O) groups excluding carboxylic acids is 2. The van der Waals surface area contributed by atoms with Crippen molar-refractivity contribution >= 4 is 23.3 Å². The molecule has 1 spiro atoms. The number of methoxy groups -OCH3 is 1. The van der Waals surface area contributed by atoms with Gasteiger partial charge >= 0.3 is 6.09 Å². The van der Waals surface area contributed by atoms with Crippen LogP contribution in [-0.2, 0) is 16.0 Å². The molecule has 0 radical (unpaired) electrons. The fraction of sp³-hybridized carbons (Fsp3) is 0.591. The molecule has 3 rings (SSSR count). The maximum Gasteiger partial charge on any atom is 0.408 e. The molecule has 1 aromatic rings. The van der Waals surface area contributed by atoms with Crippen LogP contribution in [0.3, 0.4) is 0 Å². The number of unbranched alkanes of at least 4 members (excludes halogenated alkanes) is 3. The molecule has 1 aliphatic carbocycles. The van der Waals surface area contributed by atoms with Crippen LogP contribution in [0.5, 0.6) is 5.75 Å². The highest BCUT2D eigenvalue weighted by Crippen LogP contribution is 2.44. The molecule has 0 unspecified atom stereocenters. The van der Waals surface area contributed by atoms with Gasteiger partial charge in [0, 0.05) is 31.6 Å². The van der Waals surface area contributed by atoms with E-state index in [4.69, 9.17) is 4.74 Å². The van der Waals surface area contributed by atoms with Crippen LogP contribution in [-0.4, -0.2) is 65.2 Å². The molecule has 9 nitrogen and oxygen atoms in total. The van der Waals surface area contributed by atoms with Gasteiger partial charge < -0.3 is 15.2 Å². The van der Waals surface area contributed by atoms with Crippen molar-refractivity contribution in [2.24, 2.45) is 0 Å². The second-order valence-electron chi connectivity index (χ2n) is 8.15. The van der Waals surface area contributed by atoms with E-state index >= 15 is 0 Å². The second kappa shape index (κ2) is 9.65. The smallest absolute Gasteiger partial charge is 0.408 e. The standard InChI is InChI=1S/C22H31N3O6/c1-3-4-5-6-7-15-14(8-9-17(24-30)19(15)31-2)16-12-18(26)22(20(16)27)13-23-10-11-25(22)21(28)29/h8-9,16,23-24,30H,3-7,10-13H2,1-2H3,(H,28,29)/t16-,22+/m1/s1. The minimum Gasteiger partial charge on any atom is -0.494 e. The molecule has 9 heteroatoms. The summed E-state index contributed by atoms with van der Waals surface area (Å²) >= 11 is 0. The van der Waals surface area contributed by atoms with Gasteiger partial charge in [-0.25, -0.2) is 4.79 Å². The highest BCUT2D eigenvalue weighted by Gasteiger charge is 2.61. The third-order valence-electron chi connectivity index (χ3n) is 6.44. The van der Waals surface area contributed by atoms with E-state index in [1.54, 1.807) is 12.1 Å². The van der Waals surface area contributed by atoms with E-state index in [9.17, 15) is 24.7 Å². The molecule has 0 bridgehead atoms. The first-order valence-corrected chi connectivity index (χ1v) is 10.8. The lowest BCUT2D eigenvalue weighted by molar-refractivity contribution is -0.138. The van der Waals surface area contributed by atoms with E-state index in [-0.39, 0.29) is 25.3 Å². The lowest BCUT2D eigenvalue weighted by Crippen LogP contribution is -2.68. The number of nitrogens with one attached hydrogen (secondary N) is 2. The Bertz CT molecular complexity index is 858. The summed E-state index contributed by atoms with van der Waals surface area (Å²) in [5.74, 6) is -1.09. The third-order valence-corrected chi connectivity index (χ3v) is 6.44. The van der Waals surface area contributed by atoms with E-state index in [1.165, 1.54) is 7.11 Å². The average Bonchev–Trinajstić information content (AvgIpc) is 3.01. The van der Waals surface area contributed by atoms with Crippen LogP contribution in [0.4, 0.5) is 10.5 Å². The molecule has 170 valence electrons. The zero-order chi connectivity index (χ0) is 22.6. The Balaban J connectivity index is 2.02. The molecular weight excluding hydrogens is 402 g/mol. The number of benzene rings is 1. The van der Waals surface area contributed by atoms with Gasteiger partial charge in [-0.2, -0.15) is 0 Å². The highest BCUT2D eigenvalue weighted by atomic mass is 16.5. The van der Waals surface area contributed by atoms with Crippen molar-refractivity contribution in [2.45, 2.75) is 56.9 Å². The maximum atomic E-state index is 13.6. The Hall–Kier alpha value is -2.65. The molecule has 31 heavy (non-hydrogen) atoms. The second-order valence-corrected chi connectivity index (χ2v) is 8.15. The number of ketones is 2. The summed E-state index contributed by atoms with van der Waals surface area (Å²) in [5.41, 5.74) is 2.27. The Morgan fingerprint density at radius 2 is 2.10 bits per heavy atom. The van der Waals surface area contributed by atoms with Gasteiger partial charge in [-0.3, -0.25) is 25.2 Å². The fourth-order valence-electron chi connectivity index (χ4n) is 4.88. The van der Waals surface area contributed by atoms with E-state index in [2.05, 4.69) is 17.7 Å². The Morgan fingerprint density at radius 3 is 2.74 bits per heavy atom. The molecule has 2 fully saturated rings. The number of carbonyl (C=O) groups is 3. The predicted molar refractivity (Wildman–Crippen MR) is 114 cm³/mol. The lowest BCUT2D eigenvalue weighted by Gasteiger charge is -2.40. The summed E-state index contributed by atoms with van der Waals surface area (Å²) < 4.78 is 5.55. The fourth-order valence-corrected chi connectivity index (χ4v) is 4.88. The number of carboxylic acid groups (broad SMARTS) is 1. The Labute approximate surface area is 181 Å². The molecule has 0 aromatic heterocycles. The number of hydrogen-bond donors (Lipinski definition) is 4. The number of amides is 1. The van der Waals surface area contributed by atoms with E-state index < -0.39 is 23.3 Å². The highest BCUT2D eigenvalue weighted by molar-refractivity contribution is 6.22. The maximum absolute atomic E-state index is 13.6. The van der Waals surface area contributed by atoms with Crippen molar-refractivity contribution in [3.05, 3.63) is 23.3 Å². The zero-order valence-electron chi connectivity index (χ0n) is 18.1. The van der Waals surface area contributed by atoms with Crippen LogP contribution in [0.25, 0.3) is 0 Å². The average molecular weight is 434 g/mol. The quantitative estimate of drug-likeness (QED) is 0.280. The SMILES string of the molecule is CCCCCCc1c([C@H]2CC(=O)[C@@]3(CNCCN3C(=O)O)C2=O)ccc(NO)c1OC. The zero-order valence-corrected chi connectivity index (χ0v) is 18.1. The van der Waals surface area contributed by atoms with Crippen molar-refractivity contribution in [3.8, 4) is 5.75 Å². The molecule has 1 saturated heterocycles. The van der Waals surface area contributed by atoms with Crippen molar-refractivity contribution in [1.29, 1.82) is 0 Å². The first kappa shape index (κ1) is 23.0. The van der Waals surface area contributed by atoms with E-state index in [1.807, 2.05) is 0 Å². The van der Waals surface area contributed by atoms with Crippen LogP contribution in [0.1, 0.15) is 56.1 Å². The van der Waals surface area contributed by atoms with Gasteiger partial charge in [-0.15, -0.1) is 0 Å². The van der Waals surface area contributed by atoms with Crippen molar-refractivity contribution in [1.82, 2.24) is 10.2 Å². The van der Waals surface area contributed by atoms with Crippen LogP contribution in [0, 0.1) is 0 Å². The first-order chi connectivity index (χ1) is 14.9. The number of Topliss-reactive ketones (excluding diaryl/α,β-unsaturated/α-hetero) is 2. The van der Waals surface area contributed by atoms with Gasteiger partial charge in [0.1, 0.15) is 11.4 Å². The molecule has 1 aromatic carbocycles. The van der Waals surface area contributed by atoms with Crippen molar-refractivity contribution < 1.29 is 29.4 Å². The molecular formula is C22H31N3O6. The minimum absolute atomic E-state index is 0.00723. The number of ether oxygens (including phenoxy) is 1. The van der Waals surface area contributed by atoms with Crippen molar-refractivity contribution in [3.63, 3.8) is 0 Å². The molecule has 4 N–H and O–H groups in total.